The van der Waals surface area contributed by atoms with Gasteiger partial charge in [0.1, 0.15) is 17.3 Å². The van der Waals surface area contributed by atoms with Gasteiger partial charge in [0.2, 0.25) is 10.0 Å². The molecule has 1 unspecified atom stereocenters. The summed E-state index contributed by atoms with van der Waals surface area (Å²) in [6.07, 6.45) is -3.17. The lowest BCUT2D eigenvalue weighted by molar-refractivity contribution is -0.141. The van der Waals surface area contributed by atoms with Crippen molar-refractivity contribution in [2.75, 3.05) is 16.3 Å². The maximum atomic E-state index is 14.1. The van der Waals surface area contributed by atoms with Crippen LogP contribution in [-0.2, 0) is 27.5 Å². The van der Waals surface area contributed by atoms with Crippen molar-refractivity contribution in [1.29, 1.82) is 0 Å². The van der Waals surface area contributed by atoms with Crippen LogP contribution >= 0.6 is 0 Å². The molecule has 0 aliphatic carbocycles. The number of amides is 1. The Balaban J connectivity index is 2.19. The number of hydrogen-bond donors (Lipinski definition) is 3. The Hall–Kier alpha value is -3.15. The second kappa shape index (κ2) is 10.2. The number of sulfonamides is 1. The molecule has 0 aliphatic heterocycles. The molecule has 180 valence electrons. The first-order valence-electron chi connectivity index (χ1n) is 9.79. The number of carbonyl (C=O) groups excluding carboxylic acids is 1. The zero-order valence-corrected chi connectivity index (χ0v) is 19.0. The Morgan fingerprint density at radius 3 is 2.42 bits per heavy atom. The minimum atomic E-state index is -4.66. The first-order valence-corrected chi connectivity index (χ1v) is 11.7. The number of aromatic nitrogens is 1. The monoisotopic (exact) mass is 488 g/mol. The van der Waals surface area contributed by atoms with Gasteiger partial charge in [0, 0.05) is 23.7 Å². The van der Waals surface area contributed by atoms with E-state index < -0.39 is 33.6 Å². The highest BCUT2D eigenvalue weighted by molar-refractivity contribution is 7.92. The Morgan fingerprint density at radius 1 is 1.21 bits per heavy atom. The molecule has 0 spiro atoms. The predicted octanol–water partition coefficient (Wildman–Crippen LogP) is 4.15. The number of rotatable bonds is 9. The quantitative estimate of drug-likeness (QED) is 0.364. The van der Waals surface area contributed by atoms with Crippen molar-refractivity contribution in [1.82, 2.24) is 10.3 Å². The number of alkyl halides is 3. The standard InChI is InChI=1S/C21H24F4N4O3S/c1-5-12(2)27-19-15(7-9-18(28-19)21(23,24)25)13(3)20(30)26-11-14-6-8-17(16(22)10-14)29-33(4,31)32/h6-10,12,29H,3,5,11H2,1-2,4H3,(H,26,30)(H,27,28). The van der Waals surface area contributed by atoms with Crippen molar-refractivity contribution >= 4 is 33.0 Å². The number of halogens is 4. The van der Waals surface area contributed by atoms with Crippen LogP contribution in [0.4, 0.5) is 29.1 Å². The van der Waals surface area contributed by atoms with Crippen LogP contribution in [0, 0.1) is 5.82 Å². The smallest absolute Gasteiger partial charge is 0.367 e. The second-order valence-corrected chi connectivity index (χ2v) is 9.14. The molecule has 0 aliphatic rings. The highest BCUT2D eigenvalue weighted by Crippen LogP contribution is 2.31. The fourth-order valence-electron chi connectivity index (χ4n) is 2.67. The summed E-state index contributed by atoms with van der Waals surface area (Å²) in [4.78, 5) is 16.2. The van der Waals surface area contributed by atoms with Crippen molar-refractivity contribution in [3.63, 3.8) is 0 Å². The van der Waals surface area contributed by atoms with Crippen LogP contribution in [0.2, 0.25) is 0 Å². The Kier molecular flexibility index (Phi) is 8.06. The average molecular weight is 489 g/mol. The van der Waals surface area contributed by atoms with E-state index in [4.69, 9.17) is 0 Å². The van der Waals surface area contributed by atoms with Gasteiger partial charge in [0.05, 0.1) is 11.9 Å². The fourth-order valence-corrected chi connectivity index (χ4v) is 3.23. The maximum absolute atomic E-state index is 14.1. The van der Waals surface area contributed by atoms with Gasteiger partial charge in [-0.1, -0.05) is 19.6 Å². The summed E-state index contributed by atoms with van der Waals surface area (Å²) in [7, 11) is -3.66. The van der Waals surface area contributed by atoms with Gasteiger partial charge in [-0.15, -0.1) is 0 Å². The highest BCUT2D eigenvalue weighted by Gasteiger charge is 2.33. The molecular formula is C21H24F4N4O3S. The zero-order chi connectivity index (χ0) is 25.0. The van der Waals surface area contributed by atoms with Crippen LogP contribution in [0.3, 0.4) is 0 Å². The summed E-state index contributed by atoms with van der Waals surface area (Å²) in [6, 6.07) is 5.34. The summed E-state index contributed by atoms with van der Waals surface area (Å²) in [6.45, 7) is 7.13. The maximum Gasteiger partial charge on any atom is 0.433 e. The summed E-state index contributed by atoms with van der Waals surface area (Å²) in [5, 5.41) is 5.37. The molecule has 3 N–H and O–H groups in total. The summed E-state index contributed by atoms with van der Waals surface area (Å²) >= 11 is 0. The van der Waals surface area contributed by atoms with Gasteiger partial charge in [-0.25, -0.2) is 17.8 Å². The number of anilines is 2. The lowest BCUT2D eigenvalue weighted by atomic mass is 10.1. The molecule has 2 aromatic rings. The van der Waals surface area contributed by atoms with Gasteiger partial charge in [0.25, 0.3) is 5.91 Å². The summed E-state index contributed by atoms with van der Waals surface area (Å²) in [5.41, 5.74) is -1.05. The van der Waals surface area contributed by atoms with Gasteiger partial charge >= 0.3 is 6.18 Å². The summed E-state index contributed by atoms with van der Waals surface area (Å²) in [5.74, 6) is -1.65. The zero-order valence-electron chi connectivity index (χ0n) is 18.2. The van der Waals surface area contributed by atoms with E-state index >= 15 is 0 Å². The summed E-state index contributed by atoms with van der Waals surface area (Å²) < 4.78 is 77.8. The van der Waals surface area contributed by atoms with E-state index in [1.807, 2.05) is 11.6 Å². The SMILES string of the molecule is C=C(C(=O)NCc1ccc(NS(C)(=O)=O)c(F)c1)c1ccc(C(F)(F)F)nc1NC(C)CC. The molecule has 0 fully saturated rings. The van der Waals surface area contributed by atoms with Crippen LogP contribution in [0.25, 0.3) is 5.57 Å². The van der Waals surface area contributed by atoms with E-state index in [1.165, 1.54) is 12.1 Å². The molecule has 1 aromatic carbocycles. The molecule has 0 saturated heterocycles. The second-order valence-electron chi connectivity index (χ2n) is 7.39. The van der Waals surface area contributed by atoms with Crippen LogP contribution < -0.4 is 15.4 Å². The molecule has 1 amide bonds. The number of carbonyl (C=O) groups is 1. The van der Waals surface area contributed by atoms with E-state index in [9.17, 15) is 30.8 Å². The molecule has 0 saturated carbocycles. The van der Waals surface area contributed by atoms with Gasteiger partial charge in [-0.05, 0) is 43.2 Å². The van der Waals surface area contributed by atoms with E-state index in [-0.39, 0.29) is 35.2 Å². The van der Waals surface area contributed by atoms with Crippen molar-refractivity contribution in [2.24, 2.45) is 0 Å². The van der Waals surface area contributed by atoms with Gasteiger partial charge in [0.15, 0.2) is 0 Å². The first-order chi connectivity index (χ1) is 15.2. The molecule has 7 nitrogen and oxygen atoms in total. The van der Waals surface area contributed by atoms with Crippen molar-refractivity contribution in [3.8, 4) is 0 Å². The van der Waals surface area contributed by atoms with E-state index in [1.54, 1.807) is 6.92 Å². The number of pyridine rings is 1. The molecule has 0 radical (unpaired) electrons. The first kappa shape index (κ1) is 26.1. The Labute approximate surface area is 189 Å². The van der Waals surface area contributed by atoms with Crippen LogP contribution in [-0.4, -0.2) is 31.6 Å². The van der Waals surface area contributed by atoms with E-state index in [2.05, 4.69) is 22.2 Å². The number of benzene rings is 1. The molecule has 1 aromatic heterocycles. The van der Waals surface area contributed by atoms with Crippen molar-refractivity contribution in [3.05, 3.63) is 59.5 Å². The Morgan fingerprint density at radius 2 is 1.88 bits per heavy atom. The van der Waals surface area contributed by atoms with Crippen molar-refractivity contribution < 1.29 is 30.8 Å². The van der Waals surface area contributed by atoms with Crippen LogP contribution in [0.15, 0.2) is 36.9 Å². The molecule has 2 rings (SSSR count). The van der Waals surface area contributed by atoms with E-state index in [0.717, 1.165) is 24.5 Å². The topological polar surface area (TPSA) is 100 Å². The number of nitrogens with one attached hydrogen (secondary N) is 3. The third-order valence-electron chi connectivity index (χ3n) is 4.56. The lowest BCUT2D eigenvalue weighted by Gasteiger charge is -2.18. The molecule has 1 atom stereocenters. The van der Waals surface area contributed by atoms with Crippen LogP contribution in [0.1, 0.15) is 37.1 Å². The molecule has 12 heteroatoms. The number of hydrogen-bond acceptors (Lipinski definition) is 5. The largest absolute Gasteiger partial charge is 0.433 e. The minimum absolute atomic E-state index is 0.0969. The molecular weight excluding hydrogens is 464 g/mol. The molecule has 33 heavy (non-hydrogen) atoms. The third kappa shape index (κ3) is 7.45. The molecule has 0 bridgehead atoms. The Bertz CT molecular complexity index is 1150. The van der Waals surface area contributed by atoms with E-state index in [0.29, 0.717) is 12.0 Å². The predicted molar refractivity (Wildman–Crippen MR) is 118 cm³/mol. The lowest BCUT2D eigenvalue weighted by Crippen LogP contribution is -2.25. The minimum Gasteiger partial charge on any atom is -0.367 e. The van der Waals surface area contributed by atoms with Gasteiger partial charge in [-0.3, -0.25) is 9.52 Å². The van der Waals surface area contributed by atoms with Gasteiger partial charge in [-0.2, -0.15) is 13.2 Å². The van der Waals surface area contributed by atoms with Crippen molar-refractivity contribution in [2.45, 2.75) is 39.0 Å². The molecule has 1 heterocycles. The number of nitrogens with zero attached hydrogens (tertiary/aromatic N) is 1. The normalized spacial score (nSPS) is 12.7. The fraction of sp³-hybridized carbons (Fsp3) is 0.333. The van der Waals surface area contributed by atoms with Gasteiger partial charge < -0.3 is 10.6 Å². The third-order valence-corrected chi connectivity index (χ3v) is 5.15. The average Bonchev–Trinajstić information content (AvgIpc) is 2.71. The van der Waals surface area contributed by atoms with Crippen LogP contribution in [0.5, 0.6) is 0 Å². The highest BCUT2D eigenvalue weighted by atomic mass is 32.2.